The molecule has 0 saturated heterocycles. The van der Waals surface area contributed by atoms with Crippen molar-refractivity contribution in [2.75, 3.05) is 0 Å². The minimum atomic E-state index is -1.61. The van der Waals surface area contributed by atoms with Crippen LogP contribution < -0.4 is 11.1 Å². The number of rotatable bonds is 3. The van der Waals surface area contributed by atoms with E-state index in [4.69, 9.17) is 69.6 Å². The van der Waals surface area contributed by atoms with E-state index in [1.807, 2.05) is 57.4 Å². The number of para-hydroxylation sites is 2. The maximum atomic E-state index is 12.1. The van der Waals surface area contributed by atoms with Gasteiger partial charge in [0, 0.05) is 31.2 Å². The second-order valence-electron chi connectivity index (χ2n) is 7.44. The van der Waals surface area contributed by atoms with Crippen LogP contribution in [0.2, 0.25) is 10.0 Å². The zero-order valence-corrected chi connectivity index (χ0v) is 29.6. The van der Waals surface area contributed by atoms with Crippen molar-refractivity contribution in [2.24, 2.45) is 18.4 Å². The summed E-state index contributed by atoms with van der Waals surface area (Å²) in [5.74, 6) is 0. The molecular weight excluding hydrogens is 794 g/mol. The molecule has 0 aliphatic heterocycles. The van der Waals surface area contributed by atoms with Gasteiger partial charge in [0.1, 0.15) is 4.47 Å². The van der Waals surface area contributed by atoms with Gasteiger partial charge in [-0.25, -0.2) is 9.36 Å². The number of aromatic nitrogens is 4. The monoisotopic (exact) mass is 810 g/mol. The number of aryl methyl sites for hydroxylation is 1. The Labute approximate surface area is 284 Å². The molecule has 0 saturated carbocycles. The molecule has 215 valence electrons. The Morgan fingerprint density at radius 1 is 0.900 bits per heavy atom. The summed E-state index contributed by atoms with van der Waals surface area (Å²) in [5.41, 5.74) is 2.97. The van der Waals surface area contributed by atoms with E-state index in [-0.39, 0.29) is 11.1 Å². The Bertz CT molecular complexity index is 1550. The third kappa shape index (κ3) is 10.9. The van der Waals surface area contributed by atoms with Gasteiger partial charge in [-0.1, -0.05) is 110 Å². The van der Waals surface area contributed by atoms with Gasteiger partial charge in [0.15, 0.2) is 0 Å². The molecule has 0 aliphatic rings. The van der Waals surface area contributed by atoms with Crippen molar-refractivity contribution < 1.29 is 0 Å². The summed E-state index contributed by atoms with van der Waals surface area (Å²) >= 11 is 41.3. The van der Waals surface area contributed by atoms with Gasteiger partial charge in [-0.2, -0.15) is 0 Å². The standard InChI is InChI=1S/C11H9Br2ClN2O.C11H11ClN2O.CCl4.BHNS/c1-15-9(6-12)10(13)11(17)16(15)8-5-3-2-4-7(8)14;1-8-7-11(15)14(13(8)2)10-6-4-3-5-9(10)12;2-1(3,4)5;1-2-3/h2-5H,6H2,1H3;3-7H,1-2H3;;3H. The maximum absolute atomic E-state index is 12.1. The van der Waals surface area contributed by atoms with Gasteiger partial charge in [0.05, 0.1) is 27.1 Å². The number of nitrogens with zero attached hydrogens (tertiary/aromatic N) is 5. The second-order valence-corrected chi connectivity index (χ2v) is 13.3. The first-order valence-corrected chi connectivity index (χ1v) is 15.3. The van der Waals surface area contributed by atoms with E-state index >= 15 is 0 Å². The number of hydrogen-bond acceptors (Lipinski definition) is 4. The molecule has 0 amide bonds. The van der Waals surface area contributed by atoms with E-state index < -0.39 is 3.25 Å². The summed E-state index contributed by atoms with van der Waals surface area (Å²) in [5, 5.41) is 1.71. The normalized spacial score (nSPS) is 10.4. The van der Waals surface area contributed by atoms with Crippen LogP contribution >= 0.6 is 114 Å². The Morgan fingerprint density at radius 2 is 1.30 bits per heavy atom. The van der Waals surface area contributed by atoms with Crippen LogP contribution in [-0.4, -0.2) is 29.6 Å². The third-order valence-electron chi connectivity index (χ3n) is 4.96. The van der Waals surface area contributed by atoms with Crippen LogP contribution in [0.1, 0.15) is 11.4 Å². The molecular formula is C23H21BBr2Cl6N5O2S. The molecule has 0 spiro atoms. The van der Waals surface area contributed by atoms with Crippen LogP contribution in [-0.2, 0) is 19.4 Å². The molecule has 40 heavy (non-hydrogen) atoms. The third-order valence-corrected chi connectivity index (χ3v) is 6.93. The van der Waals surface area contributed by atoms with Crippen LogP contribution in [0.15, 0.2) is 73.0 Å². The summed E-state index contributed by atoms with van der Waals surface area (Å²) < 4.78 is 8.30. The van der Waals surface area contributed by atoms with E-state index in [2.05, 4.69) is 56.6 Å². The molecule has 4 aromatic rings. The van der Waals surface area contributed by atoms with Crippen LogP contribution in [0.5, 0.6) is 0 Å². The molecule has 0 atom stereocenters. The summed E-state index contributed by atoms with van der Waals surface area (Å²) in [6.45, 7) is 1.88. The van der Waals surface area contributed by atoms with Crippen molar-refractivity contribution in [3.8, 4) is 11.4 Å². The fourth-order valence-electron chi connectivity index (χ4n) is 3.20. The molecule has 2 aromatic heterocycles. The quantitative estimate of drug-likeness (QED) is 0.129. The Balaban J connectivity index is 0.000000318. The Kier molecular flexibility index (Phi) is 16.3. The van der Waals surface area contributed by atoms with Gasteiger partial charge in [-0.3, -0.25) is 19.0 Å². The zero-order valence-electron chi connectivity index (χ0n) is 21.0. The van der Waals surface area contributed by atoms with Gasteiger partial charge < -0.3 is 0 Å². The molecule has 1 radical (unpaired) electrons. The molecule has 0 N–H and O–H groups in total. The first-order valence-electron chi connectivity index (χ1n) is 10.7. The topological polar surface area (TPSA) is 66.2 Å². The first kappa shape index (κ1) is 37.4. The van der Waals surface area contributed by atoms with Crippen molar-refractivity contribution >= 4 is 122 Å². The zero-order chi connectivity index (χ0) is 30.8. The van der Waals surface area contributed by atoms with E-state index in [9.17, 15) is 9.59 Å². The molecule has 2 aromatic carbocycles. The van der Waals surface area contributed by atoms with Gasteiger partial charge in [0.2, 0.25) is 0 Å². The number of benzene rings is 2. The van der Waals surface area contributed by atoms with Crippen molar-refractivity contribution in [2.45, 2.75) is 15.5 Å². The molecule has 2 heterocycles. The van der Waals surface area contributed by atoms with Gasteiger partial charge in [-0.15, -0.1) is 0 Å². The summed E-state index contributed by atoms with van der Waals surface area (Å²) in [6, 6.07) is 16.1. The van der Waals surface area contributed by atoms with Gasteiger partial charge in [-0.05, 0) is 47.1 Å². The van der Waals surface area contributed by atoms with E-state index in [0.717, 1.165) is 11.4 Å². The first-order chi connectivity index (χ1) is 18.6. The second kappa shape index (κ2) is 17.5. The van der Waals surface area contributed by atoms with Crippen LogP contribution in [0.4, 0.5) is 0 Å². The molecule has 4 rings (SSSR count). The number of halogens is 8. The van der Waals surface area contributed by atoms with E-state index in [0.29, 0.717) is 31.2 Å². The fourth-order valence-corrected chi connectivity index (χ4v) is 5.21. The Morgan fingerprint density at radius 3 is 1.62 bits per heavy atom. The Hall–Kier alpha value is -0.625. The molecule has 0 unspecified atom stereocenters. The number of alkyl halides is 5. The molecule has 0 bridgehead atoms. The van der Waals surface area contributed by atoms with Crippen molar-refractivity contribution in [3.05, 3.63) is 101 Å². The molecule has 17 heteroatoms. The van der Waals surface area contributed by atoms with E-state index in [1.54, 1.807) is 36.9 Å². The predicted octanol–water partition coefficient (Wildman–Crippen LogP) is 8.36. The molecule has 0 aliphatic carbocycles. The van der Waals surface area contributed by atoms with Crippen molar-refractivity contribution in [3.63, 3.8) is 0 Å². The number of hydrogen-bond donors (Lipinski definition) is 1. The predicted molar refractivity (Wildman–Crippen MR) is 180 cm³/mol. The van der Waals surface area contributed by atoms with Crippen molar-refractivity contribution in [1.82, 2.24) is 18.7 Å². The van der Waals surface area contributed by atoms with Crippen molar-refractivity contribution in [1.29, 1.82) is 0 Å². The SMILES string of the molecule is Cc1cc(=O)n(-c2ccccc2Cl)n1C.ClC(Cl)(Cl)Cl.Cn1c(CBr)c(Br)c(=O)n1-c1ccccc1Cl.[B]=NS. The van der Waals surface area contributed by atoms with E-state index in [1.165, 1.54) is 0 Å². The van der Waals surface area contributed by atoms with Gasteiger partial charge in [0.25, 0.3) is 14.4 Å². The van der Waals surface area contributed by atoms with Crippen LogP contribution in [0.3, 0.4) is 0 Å². The molecule has 7 nitrogen and oxygen atoms in total. The average Bonchev–Trinajstić information content (AvgIpc) is 3.23. The average molecular weight is 815 g/mol. The number of thiol groups is 1. The van der Waals surface area contributed by atoms with Crippen LogP contribution in [0, 0.1) is 6.92 Å². The fraction of sp³-hybridized carbons (Fsp3) is 0.217. The van der Waals surface area contributed by atoms with Crippen LogP contribution in [0.25, 0.3) is 11.4 Å². The minimum absolute atomic E-state index is 0.0666. The summed E-state index contributed by atoms with van der Waals surface area (Å²) in [7, 11) is 8.00. The summed E-state index contributed by atoms with van der Waals surface area (Å²) in [6.07, 6.45) is 0. The van der Waals surface area contributed by atoms with Gasteiger partial charge >= 0.3 is 24.8 Å². The molecule has 0 fully saturated rings. The summed E-state index contributed by atoms with van der Waals surface area (Å²) in [4.78, 5) is 23.8.